The van der Waals surface area contributed by atoms with Crippen molar-refractivity contribution in [2.45, 2.75) is 118 Å². The molecule has 1 heterocycles. The highest BCUT2D eigenvalue weighted by molar-refractivity contribution is 5.86. The zero-order valence-corrected chi connectivity index (χ0v) is 24.9. The van der Waals surface area contributed by atoms with Crippen LogP contribution < -0.4 is 0 Å². The second-order valence-corrected chi connectivity index (χ2v) is 10.9. The van der Waals surface area contributed by atoms with Crippen molar-refractivity contribution < 1.29 is 4.79 Å². The summed E-state index contributed by atoms with van der Waals surface area (Å²) in [4.78, 5) is 16.3. The van der Waals surface area contributed by atoms with Gasteiger partial charge in [-0.05, 0) is 70.3 Å². The molecule has 3 nitrogen and oxygen atoms in total. The number of Topliss-reactive ketones (excluding diaryl/α,β-unsaturated/α-hetero) is 1. The molecule has 2 rings (SSSR count). The molecular weight excluding hydrogens is 440 g/mol. The largest absolute Gasteiger partial charge is 0.361 e. The fourth-order valence-corrected chi connectivity index (χ4v) is 4.18. The van der Waals surface area contributed by atoms with Crippen LogP contribution in [0, 0.1) is 12.8 Å². The minimum Gasteiger partial charge on any atom is -0.361 e. The molecule has 0 spiro atoms. The number of nitrogens with zero attached hydrogens (tertiary/aromatic N) is 1. The van der Waals surface area contributed by atoms with Gasteiger partial charge in [-0.2, -0.15) is 0 Å². The maximum absolute atomic E-state index is 10.7. The molecule has 206 valence electrons. The summed E-state index contributed by atoms with van der Waals surface area (Å²) in [5.74, 6) is 1.21. The zero-order valence-electron chi connectivity index (χ0n) is 24.9. The van der Waals surface area contributed by atoms with Crippen molar-refractivity contribution >= 4 is 16.7 Å². The Labute approximate surface area is 224 Å². The molecule has 36 heavy (non-hydrogen) atoms. The number of aromatic amines is 1. The van der Waals surface area contributed by atoms with Gasteiger partial charge in [-0.25, -0.2) is 0 Å². The first-order chi connectivity index (χ1) is 17.2. The number of ketones is 1. The summed E-state index contributed by atoms with van der Waals surface area (Å²) in [7, 11) is 4.23. The van der Waals surface area contributed by atoms with E-state index in [1.165, 1.54) is 79.8 Å². The summed E-state index contributed by atoms with van der Waals surface area (Å²) in [6.45, 7) is 15.3. The Morgan fingerprint density at radius 2 is 1.64 bits per heavy atom. The van der Waals surface area contributed by atoms with Gasteiger partial charge in [0.05, 0.1) is 0 Å². The van der Waals surface area contributed by atoms with E-state index in [4.69, 9.17) is 0 Å². The van der Waals surface area contributed by atoms with Gasteiger partial charge < -0.3 is 14.7 Å². The van der Waals surface area contributed by atoms with E-state index in [9.17, 15) is 4.79 Å². The number of fused-ring (bicyclic) bond motifs is 1. The van der Waals surface area contributed by atoms with E-state index >= 15 is 0 Å². The molecule has 1 aromatic heterocycles. The molecule has 0 unspecified atom stereocenters. The molecule has 0 saturated heterocycles. The molecule has 0 radical (unpaired) electrons. The van der Waals surface area contributed by atoms with Gasteiger partial charge in [-0.3, -0.25) is 0 Å². The normalized spacial score (nSPS) is 10.7. The number of aromatic nitrogens is 1. The average Bonchev–Trinajstić information content (AvgIpc) is 3.24. The summed E-state index contributed by atoms with van der Waals surface area (Å²) in [5, 5.41) is 1.40. The quantitative estimate of drug-likeness (QED) is 0.185. The molecule has 2 aromatic rings. The molecule has 0 aliphatic heterocycles. The first kappa shape index (κ1) is 34.1. The van der Waals surface area contributed by atoms with Crippen molar-refractivity contribution in [1.82, 2.24) is 9.88 Å². The number of H-pyrrole nitrogens is 1. The number of rotatable bonds is 16. The van der Waals surface area contributed by atoms with Gasteiger partial charge in [0.1, 0.15) is 5.78 Å². The number of hydrogen-bond acceptors (Lipinski definition) is 2. The molecule has 1 N–H and O–H groups in total. The van der Waals surface area contributed by atoms with Crippen LogP contribution >= 0.6 is 0 Å². The van der Waals surface area contributed by atoms with E-state index in [1.807, 2.05) is 6.08 Å². The van der Waals surface area contributed by atoms with Gasteiger partial charge in [0, 0.05) is 30.1 Å². The Morgan fingerprint density at radius 1 is 1.03 bits per heavy atom. The predicted molar refractivity (Wildman–Crippen MR) is 162 cm³/mol. The lowest BCUT2D eigenvalue weighted by atomic mass is 10.0. The number of carbonyl (C=O) groups excluding carboxylic acids is 1. The van der Waals surface area contributed by atoms with Crippen molar-refractivity contribution in [3.05, 3.63) is 48.2 Å². The second kappa shape index (κ2) is 22.3. The minimum atomic E-state index is 0.341. The Hall–Kier alpha value is -1.87. The maximum atomic E-state index is 10.7. The minimum absolute atomic E-state index is 0.341. The van der Waals surface area contributed by atoms with Gasteiger partial charge in [-0.15, -0.1) is 6.58 Å². The van der Waals surface area contributed by atoms with Gasteiger partial charge in [-0.1, -0.05) is 96.8 Å². The Balaban J connectivity index is 0.000000574. The fraction of sp³-hybridized carbons (Fsp3) is 0.667. The van der Waals surface area contributed by atoms with Gasteiger partial charge in [0.15, 0.2) is 0 Å². The predicted octanol–water partition coefficient (Wildman–Crippen LogP) is 9.69. The van der Waals surface area contributed by atoms with Crippen LogP contribution in [0.4, 0.5) is 0 Å². The standard InChI is InChI=1S/C15H30O.C13H18N2.C5H10/c1-14(2)12-10-8-6-4-5-7-9-11-13-15(3)16;1-10-5-4-6-12-13(10)11(9-14-12)7-8-15(2)3;1-3-5-4-2/h14H,4-13H2,1-3H3;4-6,9,14H,7-8H2,1-3H3;3H,1,4-5H2,2H3. The molecular formula is C33H58N2O. The van der Waals surface area contributed by atoms with Crippen molar-refractivity contribution in [3.63, 3.8) is 0 Å². The third kappa shape index (κ3) is 18.4. The smallest absolute Gasteiger partial charge is 0.129 e. The van der Waals surface area contributed by atoms with Crippen molar-refractivity contribution in [1.29, 1.82) is 0 Å². The van der Waals surface area contributed by atoms with Crippen LogP contribution in [-0.2, 0) is 11.2 Å². The summed E-state index contributed by atoms with van der Waals surface area (Å²) >= 11 is 0. The number of aryl methyl sites for hydroxylation is 1. The van der Waals surface area contributed by atoms with E-state index < -0.39 is 0 Å². The molecule has 0 aliphatic carbocycles. The monoisotopic (exact) mass is 498 g/mol. The lowest BCUT2D eigenvalue weighted by Gasteiger charge is -2.08. The molecule has 0 bridgehead atoms. The first-order valence-corrected chi connectivity index (χ1v) is 14.5. The summed E-state index contributed by atoms with van der Waals surface area (Å²) < 4.78 is 0. The van der Waals surface area contributed by atoms with Gasteiger partial charge in [0.25, 0.3) is 0 Å². The van der Waals surface area contributed by atoms with Crippen LogP contribution in [0.2, 0.25) is 0 Å². The summed E-state index contributed by atoms with van der Waals surface area (Å²) in [5.41, 5.74) is 4.04. The number of unbranched alkanes of at least 4 members (excludes halogenated alkanes) is 8. The Kier molecular flexibility index (Phi) is 21.2. The SMILES string of the molecule is C=CCCC.CC(=O)CCCCCCCCCCC(C)C.Cc1cccc2[nH]cc(CCN(C)C)c12. The van der Waals surface area contributed by atoms with Crippen molar-refractivity contribution in [2.75, 3.05) is 20.6 Å². The molecule has 0 amide bonds. The first-order valence-electron chi connectivity index (χ1n) is 14.5. The fourth-order valence-electron chi connectivity index (χ4n) is 4.18. The second-order valence-electron chi connectivity index (χ2n) is 10.9. The summed E-state index contributed by atoms with van der Waals surface area (Å²) in [6, 6.07) is 6.42. The average molecular weight is 499 g/mol. The van der Waals surface area contributed by atoms with Crippen LogP contribution in [0.1, 0.15) is 116 Å². The zero-order chi connectivity index (χ0) is 27.2. The van der Waals surface area contributed by atoms with Gasteiger partial charge in [0.2, 0.25) is 0 Å². The lowest BCUT2D eigenvalue weighted by Crippen LogP contribution is -2.14. The topological polar surface area (TPSA) is 36.1 Å². The van der Waals surface area contributed by atoms with E-state index in [0.717, 1.165) is 38.1 Å². The third-order valence-electron chi connectivity index (χ3n) is 6.38. The maximum Gasteiger partial charge on any atom is 0.129 e. The van der Waals surface area contributed by atoms with Crippen LogP contribution in [0.25, 0.3) is 10.9 Å². The van der Waals surface area contributed by atoms with E-state index in [1.54, 1.807) is 6.92 Å². The lowest BCUT2D eigenvalue weighted by molar-refractivity contribution is -0.117. The highest BCUT2D eigenvalue weighted by Crippen LogP contribution is 2.22. The molecule has 0 fully saturated rings. The van der Waals surface area contributed by atoms with Crippen LogP contribution in [0.5, 0.6) is 0 Å². The third-order valence-corrected chi connectivity index (χ3v) is 6.38. The number of benzene rings is 1. The van der Waals surface area contributed by atoms with E-state index in [-0.39, 0.29) is 0 Å². The van der Waals surface area contributed by atoms with E-state index in [0.29, 0.717) is 5.78 Å². The number of nitrogens with one attached hydrogen (secondary N) is 1. The van der Waals surface area contributed by atoms with E-state index in [2.05, 4.69) is 82.6 Å². The highest BCUT2D eigenvalue weighted by atomic mass is 16.1. The number of carbonyl (C=O) groups is 1. The van der Waals surface area contributed by atoms with Crippen molar-refractivity contribution in [2.24, 2.45) is 5.92 Å². The van der Waals surface area contributed by atoms with Crippen molar-refractivity contribution in [3.8, 4) is 0 Å². The molecule has 0 atom stereocenters. The molecule has 0 aliphatic rings. The number of hydrogen-bond donors (Lipinski definition) is 1. The molecule has 3 heteroatoms. The van der Waals surface area contributed by atoms with Crippen LogP contribution in [-0.4, -0.2) is 36.3 Å². The van der Waals surface area contributed by atoms with Crippen LogP contribution in [0.3, 0.4) is 0 Å². The Bertz CT molecular complexity index is 803. The van der Waals surface area contributed by atoms with Crippen LogP contribution in [0.15, 0.2) is 37.1 Å². The Morgan fingerprint density at radius 3 is 2.14 bits per heavy atom. The highest BCUT2D eigenvalue weighted by Gasteiger charge is 2.05. The molecule has 0 saturated carbocycles. The van der Waals surface area contributed by atoms with Gasteiger partial charge >= 0.3 is 0 Å². The number of likely N-dealkylation sites (N-methyl/N-ethyl adjacent to an activating group) is 1. The number of allylic oxidation sites excluding steroid dienone is 1. The molecule has 1 aromatic carbocycles. The summed E-state index contributed by atoms with van der Waals surface area (Å²) in [6.07, 6.45) is 20.4.